The summed E-state index contributed by atoms with van der Waals surface area (Å²) in [5.74, 6) is -0.837. The maximum absolute atomic E-state index is 13.1. The van der Waals surface area contributed by atoms with Crippen LogP contribution in [-0.4, -0.2) is 34.3 Å². The number of rotatable bonds is 6. The number of nitrogens with zero attached hydrogens (tertiary/aromatic N) is 2. The van der Waals surface area contributed by atoms with Crippen molar-refractivity contribution >= 4 is 34.1 Å². The highest BCUT2D eigenvalue weighted by Crippen LogP contribution is 2.29. The van der Waals surface area contributed by atoms with E-state index in [-0.39, 0.29) is 11.7 Å². The molecule has 0 aliphatic rings. The number of halogens is 1. The second-order valence-corrected chi connectivity index (χ2v) is 6.76. The normalized spacial score (nSPS) is 11.1. The van der Waals surface area contributed by atoms with E-state index in [2.05, 4.69) is 20.0 Å². The zero-order chi connectivity index (χ0) is 20.4. The van der Waals surface area contributed by atoms with Gasteiger partial charge in [-0.2, -0.15) is 0 Å². The van der Waals surface area contributed by atoms with Crippen LogP contribution >= 0.6 is 11.6 Å². The van der Waals surface area contributed by atoms with Gasteiger partial charge in [-0.1, -0.05) is 35.0 Å². The van der Waals surface area contributed by atoms with Crippen LogP contribution < -0.4 is 11.1 Å². The maximum atomic E-state index is 13.1. The maximum Gasteiger partial charge on any atom is 0.439 e. The largest absolute Gasteiger partial charge is 0.439 e. The number of para-hydroxylation sites is 1. The van der Waals surface area contributed by atoms with E-state index < -0.39 is 5.76 Å². The molecule has 8 nitrogen and oxygen atoms in total. The first-order valence-corrected chi connectivity index (χ1v) is 9.19. The van der Waals surface area contributed by atoms with E-state index in [0.29, 0.717) is 35.1 Å². The van der Waals surface area contributed by atoms with Gasteiger partial charge in [-0.15, -0.1) is 0 Å². The second kappa shape index (κ2) is 7.94. The number of benzene rings is 2. The van der Waals surface area contributed by atoms with E-state index in [1.165, 1.54) is 0 Å². The Morgan fingerprint density at radius 3 is 2.86 bits per heavy atom. The molecule has 0 saturated heterocycles. The Morgan fingerprint density at radius 1 is 1.28 bits per heavy atom. The van der Waals surface area contributed by atoms with Crippen molar-refractivity contribution in [3.05, 3.63) is 69.8 Å². The van der Waals surface area contributed by atoms with Crippen molar-refractivity contribution in [1.82, 2.24) is 14.7 Å². The molecule has 2 aromatic carbocycles. The van der Waals surface area contributed by atoms with Gasteiger partial charge in [0.1, 0.15) is 5.69 Å². The fraction of sp³-hybridized carbons (Fsp3) is 0.150. The summed E-state index contributed by atoms with van der Waals surface area (Å²) in [6.07, 6.45) is 0. The first-order chi connectivity index (χ1) is 14.1. The molecule has 148 valence electrons. The van der Waals surface area contributed by atoms with Crippen molar-refractivity contribution in [2.24, 2.45) is 0 Å². The van der Waals surface area contributed by atoms with Gasteiger partial charge < -0.3 is 14.6 Å². The van der Waals surface area contributed by atoms with Crippen molar-refractivity contribution in [1.29, 1.82) is 0 Å². The van der Waals surface area contributed by atoms with Crippen molar-refractivity contribution in [2.45, 2.75) is 6.54 Å². The van der Waals surface area contributed by atoms with Crippen LogP contribution in [0.25, 0.3) is 22.3 Å². The summed E-state index contributed by atoms with van der Waals surface area (Å²) in [5, 5.41) is 7.94. The molecule has 29 heavy (non-hydrogen) atoms. The summed E-state index contributed by atoms with van der Waals surface area (Å²) >= 11 is 6.08. The van der Waals surface area contributed by atoms with Gasteiger partial charge >= 0.3 is 5.76 Å². The van der Waals surface area contributed by atoms with Crippen LogP contribution in [0.5, 0.6) is 0 Å². The predicted octanol–water partition coefficient (Wildman–Crippen LogP) is 3.54. The molecule has 0 saturated carbocycles. The minimum Gasteiger partial charge on any atom is -0.383 e. The van der Waals surface area contributed by atoms with Gasteiger partial charge in [0.2, 0.25) is 0 Å². The summed E-state index contributed by atoms with van der Waals surface area (Å²) in [7, 11) is 1.62. The van der Waals surface area contributed by atoms with Gasteiger partial charge in [-0.3, -0.25) is 14.3 Å². The third-order valence-corrected chi connectivity index (χ3v) is 4.72. The molecule has 0 bridgehead atoms. The number of H-pyrrole nitrogens is 1. The Bertz CT molecular complexity index is 1240. The number of anilines is 1. The van der Waals surface area contributed by atoms with Crippen LogP contribution in [0.15, 0.2) is 57.8 Å². The van der Waals surface area contributed by atoms with Crippen molar-refractivity contribution < 1.29 is 14.1 Å². The van der Waals surface area contributed by atoms with E-state index in [1.807, 2.05) is 34.9 Å². The van der Waals surface area contributed by atoms with Gasteiger partial charge in [-0.25, -0.2) is 4.79 Å². The number of carbonyl (C=O) groups is 1. The number of ether oxygens (including phenoxy) is 1. The summed E-state index contributed by atoms with van der Waals surface area (Å²) in [5.41, 5.74) is 2.30. The molecular weight excluding hydrogens is 396 g/mol. The number of hydrogen-bond acceptors (Lipinski definition) is 5. The molecule has 4 aromatic rings. The summed E-state index contributed by atoms with van der Waals surface area (Å²) < 4.78 is 11.7. The smallest absolute Gasteiger partial charge is 0.383 e. The van der Waals surface area contributed by atoms with E-state index in [1.54, 1.807) is 25.3 Å². The van der Waals surface area contributed by atoms with Crippen LogP contribution in [0.4, 0.5) is 5.69 Å². The van der Waals surface area contributed by atoms with Crippen LogP contribution in [0, 0.1) is 0 Å². The third kappa shape index (κ3) is 3.80. The van der Waals surface area contributed by atoms with E-state index in [4.69, 9.17) is 16.3 Å². The van der Waals surface area contributed by atoms with Crippen LogP contribution in [-0.2, 0) is 11.3 Å². The first-order valence-electron chi connectivity index (χ1n) is 8.81. The van der Waals surface area contributed by atoms with Crippen molar-refractivity contribution in [3.8, 4) is 11.4 Å². The van der Waals surface area contributed by atoms with Gasteiger partial charge in [-0.05, 0) is 30.3 Å². The van der Waals surface area contributed by atoms with Gasteiger partial charge in [0.15, 0.2) is 5.82 Å². The Hall–Kier alpha value is -3.36. The monoisotopic (exact) mass is 412 g/mol. The standard InChI is InChI=1S/C20H17ClN4O4/c1-28-9-8-25-16-5-3-2-4-12(16)10-17(25)19(26)22-15-7-6-13(21)11-14(15)18-23-20(27)29-24-18/h2-7,10-11H,8-9H2,1H3,(H,22,26)(H,23,24,27). The van der Waals surface area contributed by atoms with E-state index >= 15 is 0 Å². The molecule has 0 radical (unpaired) electrons. The van der Waals surface area contributed by atoms with Gasteiger partial charge in [0.25, 0.3) is 5.91 Å². The molecule has 0 aliphatic carbocycles. The Balaban J connectivity index is 1.73. The molecule has 4 rings (SSSR count). The summed E-state index contributed by atoms with van der Waals surface area (Å²) in [4.78, 5) is 26.9. The Morgan fingerprint density at radius 2 is 2.10 bits per heavy atom. The lowest BCUT2D eigenvalue weighted by Gasteiger charge is -2.12. The summed E-state index contributed by atoms with van der Waals surface area (Å²) in [6.45, 7) is 0.988. The molecule has 9 heteroatoms. The van der Waals surface area contributed by atoms with E-state index in [9.17, 15) is 9.59 Å². The highest BCUT2D eigenvalue weighted by molar-refractivity contribution is 6.31. The number of hydrogen-bond donors (Lipinski definition) is 2. The first kappa shape index (κ1) is 19.0. The zero-order valence-corrected chi connectivity index (χ0v) is 16.2. The SMILES string of the molecule is COCCn1c(C(=O)Nc2ccc(Cl)cc2-c2noc(=O)[nH]2)cc2ccccc21. The number of amides is 1. The second-order valence-electron chi connectivity index (χ2n) is 6.32. The Labute approximate surface area is 170 Å². The van der Waals surface area contributed by atoms with Gasteiger partial charge in [0.05, 0.1) is 12.3 Å². The molecule has 0 aliphatic heterocycles. The van der Waals surface area contributed by atoms with Crippen LogP contribution in [0.2, 0.25) is 5.02 Å². The fourth-order valence-corrected chi connectivity index (χ4v) is 3.35. The number of aromatic nitrogens is 3. The molecule has 0 unspecified atom stereocenters. The molecule has 1 amide bonds. The zero-order valence-electron chi connectivity index (χ0n) is 15.4. The number of carbonyl (C=O) groups excluding carboxylic acids is 1. The van der Waals surface area contributed by atoms with Gasteiger partial charge in [0, 0.05) is 35.1 Å². The minimum atomic E-state index is -0.697. The van der Waals surface area contributed by atoms with Crippen molar-refractivity contribution in [3.63, 3.8) is 0 Å². The number of nitrogens with one attached hydrogen (secondary N) is 2. The molecule has 0 atom stereocenters. The quantitative estimate of drug-likeness (QED) is 0.504. The lowest BCUT2D eigenvalue weighted by molar-refractivity contribution is 0.101. The predicted molar refractivity (Wildman–Crippen MR) is 109 cm³/mol. The molecule has 0 fully saturated rings. The molecule has 2 heterocycles. The van der Waals surface area contributed by atoms with Crippen molar-refractivity contribution in [2.75, 3.05) is 19.0 Å². The average Bonchev–Trinajstić information content (AvgIpc) is 3.31. The van der Waals surface area contributed by atoms with Crippen LogP contribution in [0.3, 0.4) is 0 Å². The fourth-order valence-electron chi connectivity index (χ4n) is 3.18. The Kier molecular flexibility index (Phi) is 5.20. The number of methoxy groups -OCH3 is 1. The third-order valence-electron chi connectivity index (χ3n) is 4.49. The summed E-state index contributed by atoms with van der Waals surface area (Å²) in [6, 6.07) is 14.4. The number of aromatic amines is 1. The molecule has 2 N–H and O–H groups in total. The average molecular weight is 413 g/mol. The lowest BCUT2D eigenvalue weighted by atomic mass is 10.1. The topological polar surface area (TPSA) is 102 Å². The molecular formula is C20H17ClN4O4. The number of fused-ring (bicyclic) bond motifs is 1. The highest BCUT2D eigenvalue weighted by Gasteiger charge is 2.18. The highest BCUT2D eigenvalue weighted by atomic mass is 35.5. The van der Waals surface area contributed by atoms with Crippen LogP contribution in [0.1, 0.15) is 10.5 Å². The lowest BCUT2D eigenvalue weighted by Crippen LogP contribution is -2.19. The van der Waals surface area contributed by atoms with E-state index in [0.717, 1.165) is 10.9 Å². The molecule has 0 spiro atoms. The molecule has 2 aromatic heterocycles. The minimum absolute atomic E-state index is 0.174.